The largest absolute Gasteiger partial charge is 0.197 e. The summed E-state index contributed by atoms with van der Waals surface area (Å²) in [4.78, 5) is 0. The minimum atomic E-state index is -0.416. The van der Waals surface area contributed by atoms with Crippen molar-refractivity contribution in [3.8, 4) is 6.07 Å². The van der Waals surface area contributed by atoms with Crippen LogP contribution in [0.2, 0.25) is 0 Å². The van der Waals surface area contributed by atoms with Crippen LogP contribution in [-0.4, -0.2) is 5.38 Å². The van der Waals surface area contributed by atoms with Gasteiger partial charge in [0, 0.05) is 6.42 Å². The van der Waals surface area contributed by atoms with Crippen molar-refractivity contribution in [3.05, 3.63) is 34.9 Å². The van der Waals surface area contributed by atoms with Crippen molar-refractivity contribution in [1.82, 2.24) is 0 Å². The fourth-order valence-corrected chi connectivity index (χ4v) is 1.43. The van der Waals surface area contributed by atoms with E-state index in [9.17, 15) is 0 Å². The van der Waals surface area contributed by atoms with Crippen LogP contribution in [0, 0.1) is 25.2 Å². The minimum Gasteiger partial charge on any atom is -0.197 e. The van der Waals surface area contributed by atoms with Crippen molar-refractivity contribution in [3.63, 3.8) is 0 Å². The van der Waals surface area contributed by atoms with Crippen molar-refractivity contribution >= 4 is 11.6 Å². The predicted molar refractivity (Wildman–Crippen MR) is 54.9 cm³/mol. The van der Waals surface area contributed by atoms with Crippen molar-refractivity contribution < 1.29 is 0 Å². The van der Waals surface area contributed by atoms with E-state index in [-0.39, 0.29) is 0 Å². The standard InChI is InChI=1S/C11H12ClN/c1-8-3-4-9(2)10(5-8)6-11(12)7-13/h3-5,11H,6H2,1-2H3. The van der Waals surface area contributed by atoms with Crippen LogP contribution in [0.5, 0.6) is 0 Å². The van der Waals surface area contributed by atoms with Gasteiger partial charge in [-0.25, -0.2) is 0 Å². The molecule has 1 rings (SSSR count). The third-order valence-corrected chi connectivity index (χ3v) is 2.30. The zero-order valence-electron chi connectivity index (χ0n) is 7.84. The van der Waals surface area contributed by atoms with Crippen molar-refractivity contribution in [2.45, 2.75) is 25.6 Å². The van der Waals surface area contributed by atoms with Crippen LogP contribution in [0.3, 0.4) is 0 Å². The average molecular weight is 194 g/mol. The highest BCUT2D eigenvalue weighted by molar-refractivity contribution is 6.22. The van der Waals surface area contributed by atoms with Gasteiger partial charge in [-0.05, 0) is 25.0 Å². The van der Waals surface area contributed by atoms with E-state index in [1.165, 1.54) is 16.7 Å². The normalized spacial score (nSPS) is 12.2. The topological polar surface area (TPSA) is 23.8 Å². The van der Waals surface area contributed by atoms with Gasteiger partial charge in [-0.1, -0.05) is 23.8 Å². The number of alkyl halides is 1. The van der Waals surface area contributed by atoms with E-state index < -0.39 is 5.38 Å². The molecule has 1 aromatic carbocycles. The molecule has 1 nitrogen and oxygen atoms in total. The van der Waals surface area contributed by atoms with E-state index >= 15 is 0 Å². The number of hydrogen-bond acceptors (Lipinski definition) is 1. The number of aryl methyl sites for hydroxylation is 2. The summed E-state index contributed by atoms with van der Waals surface area (Å²) in [6.45, 7) is 4.08. The van der Waals surface area contributed by atoms with Gasteiger partial charge in [0.1, 0.15) is 5.38 Å². The minimum absolute atomic E-state index is 0.416. The molecule has 0 radical (unpaired) electrons. The van der Waals surface area contributed by atoms with Gasteiger partial charge >= 0.3 is 0 Å². The van der Waals surface area contributed by atoms with Gasteiger partial charge in [0.25, 0.3) is 0 Å². The van der Waals surface area contributed by atoms with Crippen LogP contribution in [0.15, 0.2) is 18.2 Å². The number of benzene rings is 1. The fraction of sp³-hybridized carbons (Fsp3) is 0.364. The average Bonchev–Trinajstić information content (AvgIpc) is 2.11. The van der Waals surface area contributed by atoms with Crippen LogP contribution < -0.4 is 0 Å². The number of halogens is 1. The van der Waals surface area contributed by atoms with Gasteiger partial charge in [0.2, 0.25) is 0 Å². The Kier molecular flexibility index (Phi) is 3.33. The van der Waals surface area contributed by atoms with E-state index in [1.807, 2.05) is 19.9 Å². The molecular weight excluding hydrogens is 182 g/mol. The summed E-state index contributed by atoms with van der Waals surface area (Å²) in [5, 5.41) is 8.16. The molecule has 68 valence electrons. The molecular formula is C11H12ClN. The molecule has 0 aromatic heterocycles. The van der Waals surface area contributed by atoms with Gasteiger partial charge < -0.3 is 0 Å². The molecule has 0 bridgehead atoms. The quantitative estimate of drug-likeness (QED) is 0.663. The van der Waals surface area contributed by atoms with E-state index in [2.05, 4.69) is 18.2 Å². The summed E-state index contributed by atoms with van der Waals surface area (Å²) in [5.41, 5.74) is 3.58. The molecule has 0 aliphatic rings. The maximum atomic E-state index is 8.57. The van der Waals surface area contributed by atoms with Crippen LogP contribution in [-0.2, 0) is 6.42 Å². The molecule has 0 aliphatic heterocycles. The van der Waals surface area contributed by atoms with Gasteiger partial charge in [0.15, 0.2) is 0 Å². The molecule has 2 heteroatoms. The maximum Gasteiger partial charge on any atom is 0.124 e. The van der Waals surface area contributed by atoms with Crippen LogP contribution in [0.25, 0.3) is 0 Å². The van der Waals surface area contributed by atoms with Gasteiger partial charge in [0.05, 0.1) is 6.07 Å². The summed E-state index contributed by atoms with van der Waals surface area (Å²) in [6.07, 6.45) is 0.631. The van der Waals surface area contributed by atoms with Crippen molar-refractivity contribution in [1.29, 1.82) is 5.26 Å². The fourth-order valence-electron chi connectivity index (χ4n) is 1.26. The molecule has 0 saturated heterocycles. The summed E-state index contributed by atoms with van der Waals surface area (Å²) >= 11 is 5.76. The first-order valence-corrected chi connectivity index (χ1v) is 4.67. The first-order valence-electron chi connectivity index (χ1n) is 4.23. The molecule has 1 atom stereocenters. The lowest BCUT2D eigenvalue weighted by Crippen LogP contribution is -2.01. The Morgan fingerprint density at radius 1 is 1.46 bits per heavy atom. The molecule has 0 N–H and O–H groups in total. The van der Waals surface area contributed by atoms with Crippen molar-refractivity contribution in [2.24, 2.45) is 0 Å². The smallest absolute Gasteiger partial charge is 0.124 e. The third-order valence-electron chi connectivity index (χ3n) is 2.04. The Bertz CT molecular complexity index is 338. The predicted octanol–water partition coefficient (Wildman–Crippen LogP) is 2.98. The molecule has 0 amide bonds. The van der Waals surface area contributed by atoms with Gasteiger partial charge in [-0.15, -0.1) is 11.6 Å². The second kappa shape index (κ2) is 4.30. The first kappa shape index (κ1) is 10.1. The van der Waals surface area contributed by atoms with Gasteiger partial charge in [-0.2, -0.15) is 5.26 Å². The lowest BCUT2D eigenvalue weighted by molar-refractivity contribution is 0.999. The third kappa shape index (κ3) is 2.75. The monoisotopic (exact) mass is 193 g/mol. The maximum absolute atomic E-state index is 8.57. The number of nitriles is 1. The zero-order chi connectivity index (χ0) is 9.84. The van der Waals surface area contributed by atoms with E-state index in [4.69, 9.17) is 16.9 Å². The SMILES string of the molecule is Cc1ccc(C)c(CC(Cl)C#N)c1. The Hall–Kier alpha value is -1.00. The van der Waals surface area contributed by atoms with Crippen LogP contribution >= 0.6 is 11.6 Å². The lowest BCUT2D eigenvalue weighted by atomic mass is 10.0. The van der Waals surface area contributed by atoms with E-state index in [0.717, 1.165) is 0 Å². The molecule has 0 spiro atoms. The second-order valence-electron chi connectivity index (χ2n) is 3.23. The van der Waals surface area contributed by atoms with Crippen LogP contribution in [0.1, 0.15) is 16.7 Å². The van der Waals surface area contributed by atoms with Crippen molar-refractivity contribution in [2.75, 3.05) is 0 Å². The van der Waals surface area contributed by atoms with Crippen LogP contribution in [0.4, 0.5) is 0 Å². The molecule has 0 fully saturated rings. The zero-order valence-corrected chi connectivity index (χ0v) is 8.60. The molecule has 1 aromatic rings. The summed E-state index contributed by atoms with van der Waals surface area (Å²) < 4.78 is 0. The summed E-state index contributed by atoms with van der Waals surface area (Å²) in [6, 6.07) is 8.24. The molecule has 0 saturated carbocycles. The number of hydrogen-bond donors (Lipinski definition) is 0. The molecule has 13 heavy (non-hydrogen) atoms. The Morgan fingerprint density at radius 2 is 2.15 bits per heavy atom. The molecule has 0 aliphatic carbocycles. The lowest BCUT2D eigenvalue weighted by Gasteiger charge is -2.06. The molecule has 0 heterocycles. The first-order chi connectivity index (χ1) is 6.13. The highest BCUT2D eigenvalue weighted by Crippen LogP contribution is 2.14. The summed E-state index contributed by atoms with van der Waals surface area (Å²) in [7, 11) is 0. The van der Waals surface area contributed by atoms with Gasteiger partial charge in [-0.3, -0.25) is 0 Å². The Balaban J connectivity index is 2.88. The Labute approximate surface area is 84.0 Å². The molecule has 1 unspecified atom stereocenters. The highest BCUT2D eigenvalue weighted by Gasteiger charge is 2.06. The number of rotatable bonds is 2. The second-order valence-corrected chi connectivity index (χ2v) is 3.76. The Morgan fingerprint density at radius 3 is 2.77 bits per heavy atom. The van der Waals surface area contributed by atoms with E-state index in [1.54, 1.807) is 0 Å². The summed E-state index contributed by atoms with van der Waals surface area (Å²) in [5.74, 6) is 0. The van der Waals surface area contributed by atoms with E-state index in [0.29, 0.717) is 6.42 Å². The highest BCUT2D eigenvalue weighted by atomic mass is 35.5. The number of nitrogens with zero attached hydrogens (tertiary/aromatic N) is 1.